The number of ether oxygens (including phenoxy) is 1. The first-order chi connectivity index (χ1) is 14.2. The fourth-order valence-electron chi connectivity index (χ4n) is 2.87. The molecule has 0 aliphatic carbocycles. The number of nitro benzene ring substituents is 1. The zero-order chi connectivity index (χ0) is 21.7. The van der Waals surface area contributed by atoms with E-state index < -0.39 is 16.7 Å². The Bertz CT molecular complexity index is 1060. The van der Waals surface area contributed by atoms with E-state index in [0.29, 0.717) is 22.6 Å². The van der Waals surface area contributed by atoms with Crippen LogP contribution in [0.2, 0.25) is 0 Å². The second-order valence-electron chi connectivity index (χ2n) is 6.59. The molecular weight excluding hydrogens is 399 g/mol. The van der Waals surface area contributed by atoms with Gasteiger partial charge in [0.1, 0.15) is 17.3 Å². The number of halogens is 3. The average molecular weight is 415 g/mol. The molecule has 5 nitrogen and oxygen atoms in total. The Labute approximate surface area is 169 Å². The summed E-state index contributed by atoms with van der Waals surface area (Å²) in [6, 6.07) is 17.0. The van der Waals surface area contributed by atoms with Gasteiger partial charge in [-0.15, -0.1) is 0 Å². The van der Waals surface area contributed by atoms with Gasteiger partial charge in [-0.1, -0.05) is 30.3 Å². The minimum Gasteiger partial charge on any atom is -0.457 e. The van der Waals surface area contributed by atoms with Crippen LogP contribution < -0.4 is 4.74 Å². The van der Waals surface area contributed by atoms with Crippen LogP contribution in [-0.4, -0.2) is 10.7 Å². The van der Waals surface area contributed by atoms with E-state index in [1.165, 1.54) is 36.4 Å². The van der Waals surface area contributed by atoms with E-state index in [1.54, 1.807) is 24.3 Å². The van der Waals surface area contributed by atoms with Gasteiger partial charge in [-0.3, -0.25) is 14.9 Å². The quantitative estimate of drug-likeness (QED) is 0.363. The van der Waals surface area contributed by atoms with Crippen molar-refractivity contribution in [1.82, 2.24) is 0 Å². The van der Waals surface area contributed by atoms with Gasteiger partial charge in [0, 0.05) is 25.0 Å². The number of alkyl halides is 3. The van der Waals surface area contributed by atoms with Crippen LogP contribution in [0.5, 0.6) is 11.5 Å². The van der Waals surface area contributed by atoms with E-state index >= 15 is 0 Å². The molecule has 0 saturated heterocycles. The van der Waals surface area contributed by atoms with E-state index in [2.05, 4.69) is 0 Å². The van der Waals surface area contributed by atoms with Gasteiger partial charge in [0.25, 0.3) is 5.69 Å². The van der Waals surface area contributed by atoms with Gasteiger partial charge in [-0.05, 0) is 41.5 Å². The van der Waals surface area contributed by atoms with Crippen molar-refractivity contribution in [3.63, 3.8) is 0 Å². The van der Waals surface area contributed by atoms with Crippen molar-refractivity contribution in [1.29, 1.82) is 0 Å². The molecule has 154 valence electrons. The molecule has 0 aromatic heterocycles. The Morgan fingerprint density at radius 1 is 0.867 bits per heavy atom. The molecule has 0 bridgehead atoms. The fraction of sp³-hybridized carbons (Fsp3) is 0.136. The first kappa shape index (κ1) is 21.0. The third kappa shape index (κ3) is 5.66. The Kier molecular flexibility index (Phi) is 6.15. The van der Waals surface area contributed by atoms with Crippen LogP contribution in [0.15, 0.2) is 72.8 Å². The van der Waals surface area contributed by atoms with Gasteiger partial charge in [-0.2, -0.15) is 13.2 Å². The average Bonchev–Trinajstić information content (AvgIpc) is 2.68. The molecule has 0 atom stereocenters. The second kappa shape index (κ2) is 8.77. The molecule has 0 saturated carbocycles. The summed E-state index contributed by atoms with van der Waals surface area (Å²) < 4.78 is 44.1. The van der Waals surface area contributed by atoms with Gasteiger partial charge in [0.05, 0.1) is 10.5 Å². The van der Waals surface area contributed by atoms with Crippen molar-refractivity contribution >= 4 is 11.5 Å². The maximum Gasteiger partial charge on any atom is 0.416 e. The molecule has 30 heavy (non-hydrogen) atoms. The summed E-state index contributed by atoms with van der Waals surface area (Å²) in [5.74, 6) is 0.600. The molecule has 0 fully saturated rings. The minimum absolute atomic E-state index is 0.0354. The number of carbonyl (C=O) groups excluding carboxylic acids is 1. The second-order valence-corrected chi connectivity index (χ2v) is 6.59. The predicted molar refractivity (Wildman–Crippen MR) is 103 cm³/mol. The highest BCUT2D eigenvalue weighted by atomic mass is 19.4. The van der Waals surface area contributed by atoms with Crippen LogP contribution in [0.25, 0.3) is 0 Å². The van der Waals surface area contributed by atoms with Crippen LogP contribution in [0, 0.1) is 10.1 Å². The lowest BCUT2D eigenvalue weighted by Gasteiger charge is -2.09. The molecule has 0 N–H and O–H groups in total. The molecule has 3 aromatic carbocycles. The number of rotatable bonds is 7. The van der Waals surface area contributed by atoms with Gasteiger partial charge in [-0.25, -0.2) is 0 Å². The third-order valence-electron chi connectivity index (χ3n) is 4.24. The van der Waals surface area contributed by atoms with Crippen molar-refractivity contribution in [3.05, 3.63) is 99.6 Å². The van der Waals surface area contributed by atoms with Crippen LogP contribution in [0.4, 0.5) is 18.9 Å². The predicted octanol–water partition coefficient (Wildman–Crippen LogP) is 5.76. The van der Waals surface area contributed by atoms with E-state index in [9.17, 15) is 28.1 Å². The van der Waals surface area contributed by atoms with E-state index in [4.69, 9.17) is 4.74 Å². The molecule has 0 aliphatic rings. The molecule has 3 rings (SSSR count). The Morgan fingerprint density at radius 2 is 1.47 bits per heavy atom. The standard InChI is InChI=1S/C22H16F3NO4/c23-22(24,25)17-5-1-3-15(11-17)12-19(27)13-16-4-2-6-21(14-16)30-20-9-7-18(8-10-20)26(28)29/h1-11,14H,12-13H2. The zero-order valence-corrected chi connectivity index (χ0v) is 15.6. The number of nitrogens with zero attached hydrogens (tertiary/aromatic N) is 1. The van der Waals surface area contributed by atoms with Gasteiger partial charge >= 0.3 is 6.18 Å². The molecule has 0 amide bonds. The van der Waals surface area contributed by atoms with E-state index in [1.807, 2.05) is 0 Å². The normalized spacial score (nSPS) is 11.2. The van der Waals surface area contributed by atoms with Crippen LogP contribution in [0.3, 0.4) is 0 Å². The monoisotopic (exact) mass is 415 g/mol. The summed E-state index contributed by atoms with van der Waals surface area (Å²) in [6.45, 7) is 0. The molecule has 0 spiro atoms. The summed E-state index contributed by atoms with van der Waals surface area (Å²) >= 11 is 0. The molecule has 3 aromatic rings. The molecule has 0 radical (unpaired) electrons. The zero-order valence-electron chi connectivity index (χ0n) is 15.6. The number of carbonyl (C=O) groups is 1. The third-order valence-corrected chi connectivity index (χ3v) is 4.24. The van der Waals surface area contributed by atoms with Gasteiger partial charge in [0.15, 0.2) is 0 Å². The minimum atomic E-state index is -4.46. The van der Waals surface area contributed by atoms with E-state index in [-0.39, 0.29) is 24.3 Å². The number of nitro groups is 1. The number of non-ortho nitro benzene ring substituents is 1. The largest absolute Gasteiger partial charge is 0.457 e. The lowest BCUT2D eigenvalue weighted by molar-refractivity contribution is -0.384. The summed E-state index contributed by atoms with van der Waals surface area (Å²) in [6.07, 6.45) is -4.53. The fourth-order valence-corrected chi connectivity index (χ4v) is 2.87. The molecule has 0 aliphatic heterocycles. The first-order valence-electron chi connectivity index (χ1n) is 8.90. The van der Waals surface area contributed by atoms with Crippen molar-refractivity contribution in [2.75, 3.05) is 0 Å². The van der Waals surface area contributed by atoms with E-state index in [0.717, 1.165) is 12.1 Å². The maximum absolute atomic E-state index is 12.8. The van der Waals surface area contributed by atoms with Gasteiger partial charge < -0.3 is 4.74 Å². The van der Waals surface area contributed by atoms with Crippen LogP contribution >= 0.6 is 0 Å². The maximum atomic E-state index is 12.8. The topological polar surface area (TPSA) is 69.4 Å². The highest BCUT2D eigenvalue weighted by molar-refractivity contribution is 5.83. The SMILES string of the molecule is O=C(Cc1cccc(Oc2ccc([N+](=O)[O-])cc2)c1)Cc1cccc(C(F)(F)F)c1. The Morgan fingerprint density at radius 3 is 2.07 bits per heavy atom. The molecular formula is C22H16F3NO4. The lowest BCUT2D eigenvalue weighted by atomic mass is 10.0. The van der Waals surface area contributed by atoms with Crippen molar-refractivity contribution in [3.8, 4) is 11.5 Å². The number of ketones is 1. The number of hydrogen-bond acceptors (Lipinski definition) is 4. The molecule has 0 unspecified atom stereocenters. The smallest absolute Gasteiger partial charge is 0.416 e. The number of hydrogen-bond donors (Lipinski definition) is 0. The summed E-state index contributed by atoms with van der Waals surface area (Å²) in [5, 5.41) is 10.7. The van der Waals surface area contributed by atoms with Crippen molar-refractivity contribution < 1.29 is 27.6 Å². The molecule has 8 heteroatoms. The lowest BCUT2D eigenvalue weighted by Crippen LogP contribution is -2.09. The van der Waals surface area contributed by atoms with Crippen molar-refractivity contribution in [2.45, 2.75) is 19.0 Å². The van der Waals surface area contributed by atoms with Crippen LogP contribution in [0.1, 0.15) is 16.7 Å². The highest BCUT2D eigenvalue weighted by Crippen LogP contribution is 2.30. The van der Waals surface area contributed by atoms with Gasteiger partial charge in [0.2, 0.25) is 0 Å². The number of benzene rings is 3. The Hall–Kier alpha value is -3.68. The van der Waals surface area contributed by atoms with Crippen LogP contribution in [-0.2, 0) is 23.8 Å². The number of Topliss-reactive ketones (excluding diaryl/α,β-unsaturated/α-hetero) is 1. The summed E-state index contributed by atoms with van der Waals surface area (Å²) in [7, 11) is 0. The molecule has 0 heterocycles. The Balaban J connectivity index is 1.65. The summed E-state index contributed by atoms with van der Waals surface area (Å²) in [5.41, 5.74) is 0.0992. The summed E-state index contributed by atoms with van der Waals surface area (Å²) in [4.78, 5) is 22.5. The first-order valence-corrected chi connectivity index (χ1v) is 8.90. The highest BCUT2D eigenvalue weighted by Gasteiger charge is 2.30. The van der Waals surface area contributed by atoms with Crippen molar-refractivity contribution in [2.24, 2.45) is 0 Å².